The van der Waals surface area contributed by atoms with Crippen LogP contribution in [0.5, 0.6) is 5.75 Å². The van der Waals surface area contributed by atoms with Gasteiger partial charge in [-0.25, -0.2) is 4.79 Å². The molecule has 1 aromatic heterocycles. The van der Waals surface area contributed by atoms with Crippen molar-refractivity contribution in [3.63, 3.8) is 0 Å². The molecule has 0 N–H and O–H groups in total. The number of carbonyl (C=O) groups excluding carboxylic acids is 2. The molecule has 0 fully saturated rings. The molecule has 2 aromatic rings. The van der Waals surface area contributed by atoms with Crippen molar-refractivity contribution in [2.45, 2.75) is 72.6 Å². The average molecular weight is 445 g/mol. The Morgan fingerprint density at radius 1 is 1.00 bits per heavy atom. The van der Waals surface area contributed by atoms with Crippen LogP contribution in [0.4, 0.5) is 0 Å². The van der Waals surface area contributed by atoms with E-state index in [2.05, 4.69) is 39.0 Å². The number of rotatable bonds is 10. The van der Waals surface area contributed by atoms with Crippen LogP contribution < -0.4 is 4.74 Å². The van der Waals surface area contributed by atoms with E-state index in [0.29, 0.717) is 4.88 Å². The number of hydrogen-bond donors (Lipinski definition) is 0. The first-order chi connectivity index (χ1) is 14.6. The van der Waals surface area contributed by atoms with Gasteiger partial charge in [0.1, 0.15) is 17.2 Å². The zero-order valence-electron chi connectivity index (χ0n) is 20.0. The fourth-order valence-corrected chi connectivity index (χ4v) is 5.07. The Balaban J connectivity index is 2.44. The van der Waals surface area contributed by atoms with Gasteiger partial charge in [-0.1, -0.05) is 60.1 Å². The number of ketones is 1. The van der Waals surface area contributed by atoms with E-state index in [1.54, 1.807) is 0 Å². The van der Waals surface area contributed by atoms with Gasteiger partial charge in [0.15, 0.2) is 5.78 Å². The molecule has 0 atom stereocenters. The lowest BCUT2D eigenvalue weighted by molar-refractivity contribution is -0.128. The molecule has 0 amide bonds. The highest BCUT2D eigenvalue weighted by Gasteiger charge is 2.33. The van der Waals surface area contributed by atoms with Crippen LogP contribution in [-0.2, 0) is 21.4 Å². The lowest BCUT2D eigenvalue weighted by Gasteiger charge is -2.32. The maximum Gasteiger partial charge on any atom is 0.348 e. The first-order valence-corrected chi connectivity index (χ1v) is 11.9. The zero-order chi connectivity index (χ0) is 23.2. The Morgan fingerprint density at radius 2 is 1.68 bits per heavy atom. The van der Waals surface area contributed by atoms with Gasteiger partial charge in [-0.05, 0) is 48.6 Å². The molecule has 31 heavy (non-hydrogen) atoms. The van der Waals surface area contributed by atoms with Crippen molar-refractivity contribution < 1.29 is 19.1 Å². The number of esters is 1. The average Bonchev–Trinajstić information content (AvgIpc) is 3.24. The van der Waals surface area contributed by atoms with Crippen LogP contribution in [0.1, 0.15) is 86.5 Å². The molecule has 1 heterocycles. The standard InChI is InChI=1S/C26H36O4S/c1-8-11-18-16-19(12-13-20(18)30-17-22(27)25(4,5)6)26(9-2,10-3)23-15-14-21(31-23)24(28)29-7/h12-16H,8-11,17H2,1-7H3. The summed E-state index contributed by atoms with van der Waals surface area (Å²) in [5, 5.41) is 0. The maximum atomic E-state index is 12.3. The molecule has 0 unspecified atom stereocenters. The molecule has 4 nitrogen and oxygen atoms in total. The topological polar surface area (TPSA) is 52.6 Å². The van der Waals surface area contributed by atoms with Crippen LogP contribution in [0, 0.1) is 5.41 Å². The molecule has 0 bridgehead atoms. The third kappa shape index (κ3) is 5.57. The van der Waals surface area contributed by atoms with Crippen molar-refractivity contribution in [3.05, 3.63) is 51.2 Å². The lowest BCUT2D eigenvalue weighted by Crippen LogP contribution is -2.27. The van der Waals surface area contributed by atoms with Crippen molar-refractivity contribution in [2.24, 2.45) is 5.41 Å². The highest BCUT2D eigenvalue weighted by atomic mass is 32.1. The van der Waals surface area contributed by atoms with Gasteiger partial charge in [-0.15, -0.1) is 11.3 Å². The molecule has 0 aliphatic rings. The molecule has 5 heteroatoms. The monoisotopic (exact) mass is 444 g/mol. The van der Waals surface area contributed by atoms with Crippen LogP contribution in [-0.4, -0.2) is 25.5 Å². The molecule has 0 spiro atoms. The molecule has 1 aromatic carbocycles. The number of benzene rings is 1. The van der Waals surface area contributed by atoms with E-state index in [9.17, 15) is 9.59 Å². The summed E-state index contributed by atoms with van der Waals surface area (Å²) in [6.07, 6.45) is 3.70. The molecule has 0 saturated carbocycles. The van der Waals surface area contributed by atoms with Crippen LogP contribution >= 0.6 is 11.3 Å². The number of aryl methyl sites for hydroxylation is 1. The van der Waals surface area contributed by atoms with Crippen LogP contribution in [0.3, 0.4) is 0 Å². The molecular formula is C26H36O4S. The molecule has 170 valence electrons. The van der Waals surface area contributed by atoms with Crippen molar-refractivity contribution in [3.8, 4) is 5.75 Å². The third-order valence-corrected chi connectivity index (χ3v) is 7.27. The lowest BCUT2D eigenvalue weighted by atomic mass is 9.74. The second-order valence-corrected chi connectivity index (χ2v) is 10.1. The van der Waals surface area contributed by atoms with Gasteiger partial charge in [-0.3, -0.25) is 4.79 Å². The predicted octanol–water partition coefficient (Wildman–Crippen LogP) is 6.59. The minimum Gasteiger partial charge on any atom is -0.486 e. The van der Waals surface area contributed by atoms with Crippen molar-refractivity contribution in [1.29, 1.82) is 0 Å². The van der Waals surface area contributed by atoms with Crippen LogP contribution in [0.15, 0.2) is 30.3 Å². The Labute approximate surface area is 191 Å². The number of thiophene rings is 1. The SMILES string of the molecule is CCCc1cc(C(CC)(CC)c2ccc(C(=O)OC)s2)ccc1OCC(=O)C(C)(C)C. The summed E-state index contributed by atoms with van der Waals surface area (Å²) in [5.41, 5.74) is 1.74. The number of ether oxygens (including phenoxy) is 2. The number of Topliss-reactive ketones (excluding diaryl/α,β-unsaturated/α-hetero) is 1. The second kappa shape index (κ2) is 10.4. The van der Waals surface area contributed by atoms with E-state index in [1.165, 1.54) is 24.0 Å². The van der Waals surface area contributed by atoms with E-state index in [-0.39, 0.29) is 23.8 Å². The summed E-state index contributed by atoms with van der Waals surface area (Å²) in [7, 11) is 1.41. The predicted molar refractivity (Wildman–Crippen MR) is 127 cm³/mol. The molecule has 0 aliphatic heterocycles. The summed E-state index contributed by atoms with van der Waals surface area (Å²) >= 11 is 1.51. The fraction of sp³-hybridized carbons (Fsp3) is 0.538. The van der Waals surface area contributed by atoms with Crippen LogP contribution in [0.2, 0.25) is 0 Å². The van der Waals surface area contributed by atoms with Gasteiger partial charge in [0.25, 0.3) is 0 Å². The van der Waals surface area contributed by atoms with Crippen molar-refractivity contribution in [2.75, 3.05) is 13.7 Å². The molecule has 2 rings (SSSR count). The first-order valence-electron chi connectivity index (χ1n) is 11.1. The normalized spacial score (nSPS) is 12.0. The molecule has 0 radical (unpaired) electrons. The Kier molecular flexibility index (Phi) is 8.47. The largest absolute Gasteiger partial charge is 0.486 e. The Morgan fingerprint density at radius 3 is 2.23 bits per heavy atom. The Hall–Kier alpha value is -2.14. The quantitative estimate of drug-likeness (QED) is 0.388. The smallest absolute Gasteiger partial charge is 0.348 e. The van der Waals surface area contributed by atoms with E-state index in [4.69, 9.17) is 9.47 Å². The molecule has 0 saturated heterocycles. The number of carbonyl (C=O) groups is 2. The van der Waals surface area contributed by atoms with Gasteiger partial charge >= 0.3 is 5.97 Å². The van der Waals surface area contributed by atoms with Gasteiger partial charge in [0.05, 0.1) is 7.11 Å². The summed E-state index contributed by atoms with van der Waals surface area (Å²) < 4.78 is 10.9. The van der Waals surface area contributed by atoms with Crippen molar-refractivity contribution >= 4 is 23.1 Å². The fourth-order valence-electron chi connectivity index (χ4n) is 3.80. The summed E-state index contributed by atoms with van der Waals surface area (Å²) in [4.78, 5) is 26.1. The summed E-state index contributed by atoms with van der Waals surface area (Å²) in [6.45, 7) is 12.3. The van der Waals surface area contributed by atoms with E-state index < -0.39 is 5.41 Å². The second-order valence-electron chi connectivity index (χ2n) is 8.98. The van der Waals surface area contributed by atoms with Gasteiger partial charge in [-0.2, -0.15) is 0 Å². The van der Waals surface area contributed by atoms with E-state index in [0.717, 1.165) is 41.9 Å². The minimum atomic E-state index is -0.416. The van der Waals surface area contributed by atoms with Gasteiger partial charge < -0.3 is 9.47 Å². The summed E-state index contributed by atoms with van der Waals surface area (Å²) in [6, 6.07) is 10.3. The van der Waals surface area contributed by atoms with Gasteiger partial charge in [0.2, 0.25) is 0 Å². The third-order valence-electron chi connectivity index (χ3n) is 6.00. The minimum absolute atomic E-state index is 0.0830. The van der Waals surface area contributed by atoms with Gasteiger partial charge in [0, 0.05) is 15.7 Å². The van der Waals surface area contributed by atoms with Crippen LogP contribution in [0.25, 0.3) is 0 Å². The molecule has 0 aliphatic carbocycles. The number of methoxy groups -OCH3 is 1. The maximum absolute atomic E-state index is 12.3. The molecular weight excluding hydrogens is 408 g/mol. The Bertz CT molecular complexity index is 900. The van der Waals surface area contributed by atoms with E-state index in [1.807, 2.05) is 32.9 Å². The van der Waals surface area contributed by atoms with E-state index >= 15 is 0 Å². The summed E-state index contributed by atoms with van der Waals surface area (Å²) in [5.74, 6) is 0.575. The number of hydrogen-bond acceptors (Lipinski definition) is 5. The highest BCUT2D eigenvalue weighted by Crippen LogP contribution is 2.43. The first kappa shape index (κ1) is 25.1. The zero-order valence-corrected chi connectivity index (χ0v) is 20.8. The highest BCUT2D eigenvalue weighted by molar-refractivity contribution is 7.14. The van der Waals surface area contributed by atoms with Crippen molar-refractivity contribution in [1.82, 2.24) is 0 Å².